The van der Waals surface area contributed by atoms with Gasteiger partial charge in [0.1, 0.15) is 33.8 Å². The summed E-state index contributed by atoms with van der Waals surface area (Å²) < 4.78 is 105. The van der Waals surface area contributed by atoms with Gasteiger partial charge in [0.2, 0.25) is 0 Å². The lowest BCUT2D eigenvalue weighted by Crippen LogP contribution is -2.38. The number of rotatable bonds is 16. The van der Waals surface area contributed by atoms with Crippen LogP contribution in [0.2, 0.25) is 0 Å². The third-order valence-electron chi connectivity index (χ3n) is 12.1. The van der Waals surface area contributed by atoms with Gasteiger partial charge in [0.15, 0.2) is 25.1 Å². The van der Waals surface area contributed by atoms with Crippen molar-refractivity contribution in [2.75, 3.05) is 52.3 Å². The summed E-state index contributed by atoms with van der Waals surface area (Å²) in [6.07, 6.45) is -8.62. The van der Waals surface area contributed by atoms with Gasteiger partial charge in [-0.15, -0.1) is 0 Å². The van der Waals surface area contributed by atoms with Crippen molar-refractivity contribution in [2.45, 2.75) is 23.2 Å². The molecule has 0 bridgehead atoms. The van der Waals surface area contributed by atoms with Crippen molar-refractivity contribution in [3.8, 4) is 46.7 Å². The fourth-order valence-corrected chi connectivity index (χ4v) is 8.43. The Balaban J connectivity index is 1.83. The molecule has 12 nitrogen and oxygen atoms in total. The quantitative estimate of drug-likeness (QED) is 0.0398. The van der Waals surface area contributed by atoms with Gasteiger partial charge >= 0.3 is 24.2 Å². The molecule has 74 heavy (non-hydrogen) atoms. The topological polar surface area (TPSA) is 146 Å². The Kier molecular flexibility index (Phi) is 16.2. The molecule has 0 aliphatic carbocycles. The molecule has 2 amide bonds. The number of carbonyl (C=O) groups is 6. The SMILES string of the molecule is COc1ccc(C(C#CC#CC(c2cccc(N(C)C(=O)C(F)(F)F)c2)(c2ccc(OC)c(C=O)c2)c2ccc(OC)c(C=O)c2)(c2cccc(N(C)C(=O)C(F)(F)F)c2)c2ccc(OC)c(C=O)c2)cc1C=O. The Morgan fingerprint density at radius 3 is 0.905 bits per heavy atom. The predicted molar refractivity (Wildman–Crippen MR) is 261 cm³/mol. The number of ether oxygens (including phenoxy) is 4. The molecule has 378 valence electrons. The summed E-state index contributed by atoms with van der Waals surface area (Å²) in [6, 6.07) is 28.1. The zero-order chi connectivity index (χ0) is 54.2. The van der Waals surface area contributed by atoms with Gasteiger partial charge in [-0.1, -0.05) is 60.4 Å². The van der Waals surface area contributed by atoms with E-state index in [9.17, 15) is 55.1 Å². The molecule has 0 aliphatic rings. The molecule has 0 aromatic heterocycles. The van der Waals surface area contributed by atoms with Gasteiger partial charge in [0.05, 0.1) is 50.7 Å². The Bertz CT molecular complexity index is 2970. The molecule has 0 heterocycles. The number of anilines is 2. The second kappa shape index (κ2) is 22.1. The smallest absolute Gasteiger partial charge is 0.471 e. The molecule has 0 saturated carbocycles. The molecule has 18 heteroatoms. The average Bonchev–Trinajstić information content (AvgIpc) is 3.42. The van der Waals surface area contributed by atoms with Crippen LogP contribution in [-0.4, -0.2) is 91.8 Å². The largest absolute Gasteiger partial charge is 0.496 e. The number of halogens is 6. The molecule has 0 fully saturated rings. The lowest BCUT2D eigenvalue weighted by Gasteiger charge is -2.33. The summed E-state index contributed by atoms with van der Waals surface area (Å²) in [5.41, 5.74) is -3.54. The van der Waals surface area contributed by atoms with Crippen LogP contribution in [0.1, 0.15) is 74.8 Å². The van der Waals surface area contributed by atoms with E-state index < -0.39 is 35.0 Å². The van der Waals surface area contributed by atoms with Gasteiger partial charge in [-0.3, -0.25) is 28.8 Å². The number of carbonyl (C=O) groups excluding carboxylic acids is 6. The van der Waals surface area contributed by atoms with Crippen LogP contribution in [0.3, 0.4) is 0 Å². The van der Waals surface area contributed by atoms with Crippen LogP contribution >= 0.6 is 0 Å². The van der Waals surface area contributed by atoms with Crippen molar-refractivity contribution < 1.29 is 74.1 Å². The molecular weight excluding hydrogens is 975 g/mol. The molecule has 6 aromatic carbocycles. The molecule has 0 aliphatic heterocycles. The zero-order valence-corrected chi connectivity index (χ0v) is 40.1. The molecule has 0 radical (unpaired) electrons. The summed E-state index contributed by atoms with van der Waals surface area (Å²) in [4.78, 5) is 76.6. The number of amides is 2. The molecule has 0 N–H and O–H groups in total. The van der Waals surface area contributed by atoms with Crippen molar-refractivity contribution >= 4 is 48.3 Å². The molecule has 0 saturated heterocycles. The molecule has 0 unspecified atom stereocenters. The van der Waals surface area contributed by atoms with Crippen LogP contribution in [0.4, 0.5) is 37.7 Å². The zero-order valence-electron chi connectivity index (χ0n) is 40.1. The highest BCUT2D eigenvalue weighted by Crippen LogP contribution is 2.45. The van der Waals surface area contributed by atoms with E-state index in [2.05, 4.69) is 23.7 Å². The first-order chi connectivity index (χ1) is 35.2. The first-order valence-electron chi connectivity index (χ1n) is 21.7. The van der Waals surface area contributed by atoms with Crippen molar-refractivity contribution in [1.82, 2.24) is 0 Å². The van der Waals surface area contributed by atoms with Gasteiger partial charge in [-0.25, -0.2) is 0 Å². The van der Waals surface area contributed by atoms with Crippen LogP contribution < -0.4 is 28.7 Å². The summed E-state index contributed by atoms with van der Waals surface area (Å²) in [5.74, 6) is 8.15. The normalized spacial score (nSPS) is 11.4. The lowest BCUT2D eigenvalue weighted by molar-refractivity contribution is -0.170. The number of hydrogen-bond donors (Lipinski definition) is 0. The average molecular weight is 1020 g/mol. The van der Waals surface area contributed by atoms with Gasteiger partial charge in [-0.2, -0.15) is 26.3 Å². The number of aldehydes is 4. The Hall–Kier alpha value is -9.16. The number of benzene rings is 6. The van der Waals surface area contributed by atoms with Crippen LogP contribution in [0.5, 0.6) is 23.0 Å². The van der Waals surface area contributed by atoms with Crippen molar-refractivity contribution in [2.24, 2.45) is 0 Å². The number of nitrogens with zero attached hydrogens (tertiary/aromatic N) is 2. The number of alkyl halides is 6. The molecule has 0 spiro atoms. The standard InChI is InChI=1S/C56H42F6N2O10/c1-63(51(69)55(57,58)59)45-13-9-11-39(29-45)53(41-15-19-47(71-3)35(25-41)31-65,42-16-20-48(72-4)36(26-42)32-66)23-7-8-24-54(43-17-21-49(73-5)37(27-43)33-67,44-18-22-50(74-6)38(28-44)34-68)40-12-10-14-46(30-40)64(2)52(70)56(60,61)62/h9-22,25-34H,1-6H3. The highest BCUT2D eigenvalue weighted by atomic mass is 19.4. The minimum absolute atomic E-state index is 0.00393. The summed E-state index contributed by atoms with van der Waals surface area (Å²) in [7, 11) is 7.10. The fraction of sp³-hybridized carbons (Fsp3) is 0.179. The molecule has 6 aromatic rings. The van der Waals surface area contributed by atoms with E-state index in [1.54, 1.807) is 0 Å². The second-order valence-electron chi connectivity index (χ2n) is 16.1. The van der Waals surface area contributed by atoms with E-state index in [0.29, 0.717) is 34.9 Å². The maximum absolute atomic E-state index is 13.9. The lowest BCUT2D eigenvalue weighted by atomic mass is 9.68. The van der Waals surface area contributed by atoms with Crippen LogP contribution in [0.15, 0.2) is 121 Å². The third-order valence-corrected chi connectivity index (χ3v) is 12.1. The van der Waals surface area contributed by atoms with E-state index in [1.165, 1.54) is 150 Å². The Labute approximate surface area is 420 Å². The van der Waals surface area contributed by atoms with Gasteiger partial charge in [0, 0.05) is 25.5 Å². The highest BCUT2D eigenvalue weighted by Gasteiger charge is 2.44. The maximum Gasteiger partial charge on any atom is 0.471 e. The van der Waals surface area contributed by atoms with Gasteiger partial charge < -0.3 is 28.7 Å². The Morgan fingerprint density at radius 2 is 0.676 bits per heavy atom. The van der Waals surface area contributed by atoms with E-state index in [-0.39, 0.29) is 90.0 Å². The first kappa shape index (κ1) is 54.2. The van der Waals surface area contributed by atoms with Crippen LogP contribution in [0.25, 0.3) is 0 Å². The second-order valence-corrected chi connectivity index (χ2v) is 16.1. The van der Waals surface area contributed by atoms with E-state index in [0.717, 1.165) is 14.1 Å². The van der Waals surface area contributed by atoms with Gasteiger partial charge in [-0.05, 0) is 118 Å². The van der Waals surface area contributed by atoms with Crippen molar-refractivity contribution in [3.63, 3.8) is 0 Å². The summed E-state index contributed by atoms with van der Waals surface area (Å²) in [6.45, 7) is 0. The first-order valence-corrected chi connectivity index (χ1v) is 21.7. The van der Waals surface area contributed by atoms with Gasteiger partial charge in [0.25, 0.3) is 0 Å². The minimum atomic E-state index is -5.29. The predicted octanol–water partition coefficient (Wildman–Crippen LogP) is 9.40. The summed E-state index contributed by atoms with van der Waals surface area (Å²) in [5, 5.41) is 0. The minimum Gasteiger partial charge on any atom is -0.496 e. The van der Waals surface area contributed by atoms with Crippen molar-refractivity contribution in [3.05, 3.63) is 177 Å². The molecule has 6 rings (SSSR count). The number of hydrogen-bond acceptors (Lipinski definition) is 10. The Morgan fingerprint density at radius 1 is 0.419 bits per heavy atom. The van der Waals surface area contributed by atoms with Crippen LogP contribution in [-0.2, 0) is 20.4 Å². The highest BCUT2D eigenvalue weighted by molar-refractivity contribution is 5.98. The molecule has 0 atom stereocenters. The van der Waals surface area contributed by atoms with E-state index in [1.807, 2.05) is 0 Å². The number of methoxy groups -OCH3 is 4. The summed E-state index contributed by atoms with van der Waals surface area (Å²) >= 11 is 0. The van der Waals surface area contributed by atoms with Crippen LogP contribution in [0, 0.1) is 23.7 Å². The van der Waals surface area contributed by atoms with E-state index in [4.69, 9.17) is 18.9 Å². The third kappa shape index (κ3) is 10.4. The molecular formula is C56H42F6N2O10. The van der Waals surface area contributed by atoms with E-state index >= 15 is 0 Å². The van der Waals surface area contributed by atoms with Crippen molar-refractivity contribution in [1.29, 1.82) is 0 Å². The maximum atomic E-state index is 13.9. The fourth-order valence-electron chi connectivity index (χ4n) is 8.43. The monoisotopic (exact) mass is 1020 g/mol.